The Morgan fingerprint density at radius 3 is 2.53 bits per heavy atom. The Kier molecular flexibility index (Phi) is 7.92. The van der Waals surface area contributed by atoms with Gasteiger partial charge in [-0.15, -0.1) is 0 Å². The van der Waals surface area contributed by atoms with Crippen LogP contribution in [0.5, 0.6) is 0 Å². The predicted octanol–water partition coefficient (Wildman–Crippen LogP) is 4.18. The average molecular weight is 479 g/mol. The fourth-order valence-electron chi connectivity index (χ4n) is 3.66. The highest BCUT2D eigenvalue weighted by atomic mass is 35.5. The van der Waals surface area contributed by atoms with E-state index in [1.165, 1.54) is 22.5 Å². The van der Waals surface area contributed by atoms with Gasteiger partial charge in [0.2, 0.25) is 10.0 Å². The van der Waals surface area contributed by atoms with Crippen LogP contribution in [0.4, 0.5) is 5.69 Å². The highest BCUT2D eigenvalue weighted by Crippen LogP contribution is 2.28. The second-order valence-electron chi connectivity index (χ2n) is 7.70. The van der Waals surface area contributed by atoms with Crippen molar-refractivity contribution in [3.8, 4) is 0 Å². The smallest absolute Gasteiger partial charge is 0.338 e. The number of rotatable bonds is 7. The molecule has 1 saturated heterocycles. The quantitative estimate of drug-likeness (QED) is 0.602. The maximum absolute atomic E-state index is 13.0. The third-order valence-corrected chi connectivity index (χ3v) is 7.82. The lowest BCUT2D eigenvalue weighted by molar-refractivity contribution is -0.119. The highest BCUT2D eigenvalue weighted by Gasteiger charge is 2.29. The minimum Gasteiger partial charge on any atom is -0.452 e. The number of sulfonamides is 1. The van der Waals surface area contributed by atoms with E-state index in [2.05, 4.69) is 5.32 Å². The van der Waals surface area contributed by atoms with Gasteiger partial charge >= 0.3 is 5.97 Å². The van der Waals surface area contributed by atoms with Gasteiger partial charge in [-0.05, 0) is 55.5 Å². The number of aryl methyl sites for hydroxylation is 2. The number of esters is 1. The molecule has 172 valence electrons. The molecule has 2 aromatic carbocycles. The number of anilines is 1. The van der Waals surface area contributed by atoms with Crippen LogP contribution in [0.25, 0.3) is 0 Å². The number of hydrogen-bond acceptors (Lipinski definition) is 5. The molecule has 0 radical (unpaired) electrons. The van der Waals surface area contributed by atoms with Crippen LogP contribution in [0.3, 0.4) is 0 Å². The largest absolute Gasteiger partial charge is 0.452 e. The van der Waals surface area contributed by atoms with Gasteiger partial charge in [0.1, 0.15) is 4.90 Å². The van der Waals surface area contributed by atoms with E-state index in [4.69, 9.17) is 16.3 Å². The zero-order valence-electron chi connectivity index (χ0n) is 18.2. The number of nitrogens with one attached hydrogen (secondary N) is 1. The lowest BCUT2D eigenvalue weighted by atomic mass is 10.1. The van der Waals surface area contributed by atoms with Gasteiger partial charge in [-0.2, -0.15) is 4.31 Å². The number of para-hydroxylation sites is 1. The summed E-state index contributed by atoms with van der Waals surface area (Å²) in [5, 5.41) is 2.82. The molecule has 32 heavy (non-hydrogen) atoms. The van der Waals surface area contributed by atoms with Crippen molar-refractivity contribution >= 4 is 39.2 Å². The maximum atomic E-state index is 13.0. The summed E-state index contributed by atoms with van der Waals surface area (Å²) in [4.78, 5) is 24.7. The summed E-state index contributed by atoms with van der Waals surface area (Å²) in [6, 6.07) is 9.68. The van der Waals surface area contributed by atoms with Gasteiger partial charge in [-0.3, -0.25) is 4.79 Å². The van der Waals surface area contributed by atoms with Gasteiger partial charge in [-0.1, -0.05) is 43.1 Å². The standard InChI is InChI=1S/C23H27ClN2O5S/c1-3-17-9-7-8-16(2)22(17)25-21(27)15-31-23(28)18-10-11-19(24)20(14-18)32(29,30)26-12-5-4-6-13-26/h7-11,14H,3-6,12-13,15H2,1-2H3,(H,25,27). The van der Waals surface area contributed by atoms with Crippen molar-refractivity contribution in [3.05, 3.63) is 58.1 Å². The van der Waals surface area contributed by atoms with E-state index in [1.54, 1.807) is 0 Å². The van der Waals surface area contributed by atoms with E-state index >= 15 is 0 Å². The van der Waals surface area contributed by atoms with E-state index in [9.17, 15) is 18.0 Å². The van der Waals surface area contributed by atoms with Crippen molar-refractivity contribution in [1.82, 2.24) is 4.31 Å². The van der Waals surface area contributed by atoms with Crippen molar-refractivity contribution in [2.24, 2.45) is 0 Å². The van der Waals surface area contributed by atoms with Crippen LogP contribution in [0.15, 0.2) is 41.3 Å². The molecule has 0 bridgehead atoms. The van der Waals surface area contributed by atoms with Crippen LogP contribution < -0.4 is 5.32 Å². The Morgan fingerprint density at radius 1 is 1.12 bits per heavy atom. The number of carbonyl (C=O) groups is 2. The minimum absolute atomic E-state index is 0.0166. The van der Waals surface area contributed by atoms with Gasteiger partial charge in [0, 0.05) is 18.8 Å². The third-order valence-electron chi connectivity index (χ3n) is 5.44. The summed E-state index contributed by atoms with van der Waals surface area (Å²) in [6.07, 6.45) is 3.30. The second kappa shape index (κ2) is 10.5. The summed E-state index contributed by atoms with van der Waals surface area (Å²) in [6.45, 7) is 4.23. The van der Waals surface area contributed by atoms with Crippen molar-refractivity contribution in [1.29, 1.82) is 0 Å². The topological polar surface area (TPSA) is 92.8 Å². The molecule has 1 fully saturated rings. The normalized spacial score (nSPS) is 14.7. The third kappa shape index (κ3) is 5.49. The molecule has 0 unspecified atom stereocenters. The van der Waals surface area contributed by atoms with Gasteiger partial charge in [0.05, 0.1) is 10.6 Å². The highest BCUT2D eigenvalue weighted by molar-refractivity contribution is 7.89. The van der Waals surface area contributed by atoms with E-state index in [0.29, 0.717) is 18.8 Å². The van der Waals surface area contributed by atoms with E-state index in [0.717, 1.165) is 36.8 Å². The Balaban J connectivity index is 1.70. The van der Waals surface area contributed by atoms with Crippen molar-refractivity contribution < 1.29 is 22.7 Å². The molecule has 1 heterocycles. The molecular formula is C23H27ClN2O5S. The van der Waals surface area contributed by atoms with E-state index in [-0.39, 0.29) is 15.5 Å². The van der Waals surface area contributed by atoms with Crippen LogP contribution in [-0.2, 0) is 26.0 Å². The van der Waals surface area contributed by atoms with Crippen LogP contribution >= 0.6 is 11.6 Å². The van der Waals surface area contributed by atoms with Gasteiger partial charge in [0.25, 0.3) is 5.91 Å². The molecule has 9 heteroatoms. The average Bonchev–Trinajstić information content (AvgIpc) is 2.79. The predicted molar refractivity (Wildman–Crippen MR) is 124 cm³/mol. The summed E-state index contributed by atoms with van der Waals surface area (Å²) < 4.78 is 32.4. The molecule has 1 N–H and O–H groups in total. The lowest BCUT2D eigenvalue weighted by Crippen LogP contribution is -2.35. The minimum atomic E-state index is -3.82. The van der Waals surface area contributed by atoms with Crippen molar-refractivity contribution in [2.45, 2.75) is 44.4 Å². The molecule has 1 aliphatic rings. The molecular weight excluding hydrogens is 452 g/mol. The van der Waals surface area contributed by atoms with Crippen LogP contribution in [-0.4, -0.2) is 44.3 Å². The summed E-state index contributed by atoms with van der Waals surface area (Å²) in [5.74, 6) is -1.27. The summed E-state index contributed by atoms with van der Waals surface area (Å²) in [5.41, 5.74) is 2.62. The van der Waals surface area contributed by atoms with E-state index < -0.39 is 28.5 Å². The molecule has 0 spiro atoms. The van der Waals surface area contributed by atoms with Crippen LogP contribution in [0, 0.1) is 6.92 Å². The molecule has 7 nitrogen and oxygen atoms in total. The van der Waals surface area contributed by atoms with Crippen molar-refractivity contribution in [3.63, 3.8) is 0 Å². The van der Waals surface area contributed by atoms with Gasteiger partial charge < -0.3 is 10.1 Å². The Morgan fingerprint density at radius 2 is 1.84 bits per heavy atom. The number of nitrogens with zero attached hydrogens (tertiary/aromatic N) is 1. The number of carbonyl (C=O) groups excluding carboxylic acids is 2. The first kappa shape index (κ1) is 24.2. The second-order valence-corrected chi connectivity index (χ2v) is 10.0. The molecule has 0 aromatic heterocycles. The van der Waals surface area contributed by atoms with Crippen LogP contribution in [0.1, 0.15) is 47.7 Å². The SMILES string of the molecule is CCc1cccc(C)c1NC(=O)COC(=O)c1ccc(Cl)c(S(=O)(=O)N2CCCCC2)c1. The number of amides is 1. The molecule has 0 atom stereocenters. The van der Waals surface area contributed by atoms with Gasteiger partial charge in [-0.25, -0.2) is 13.2 Å². The maximum Gasteiger partial charge on any atom is 0.338 e. The first-order valence-electron chi connectivity index (χ1n) is 10.6. The summed E-state index contributed by atoms with van der Waals surface area (Å²) in [7, 11) is -3.82. The Hall–Kier alpha value is -2.42. The first-order valence-corrected chi connectivity index (χ1v) is 12.4. The molecule has 3 rings (SSSR count). The zero-order valence-corrected chi connectivity index (χ0v) is 19.8. The van der Waals surface area contributed by atoms with Crippen molar-refractivity contribution in [2.75, 3.05) is 25.0 Å². The summed E-state index contributed by atoms with van der Waals surface area (Å²) >= 11 is 6.14. The number of benzene rings is 2. The molecule has 0 aliphatic carbocycles. The zero-order chi connectivity index (χ0) is 23.3. The molecule has 1 amide bonds. The fourth-order valence-corrected chi connectivity index (χ4v) is 5.68. The van der Waals surface area contributed by atoms with Crippen LogP contribution in [0.2, 0.25) is 5.02 Å². The molecule has 0 saturated carbocycles. The Bertz CT molecular complexity index is 1110. The molecule has 2 aromatic rings. The Labute approximate surface area is 193 Å². The van der Waals surface area contributed by atoms with Gasteiger partial charge in [0.15, 0.2) is 6.61 Å². The fraction of sp³-hybridized carbons (Fsp3) is 0.391. The lowest BCUT2D eigenvalue weighted by Gasteiger charge is -2.26. The number of halogens is 1. The van der Waals surface area contributed by atoms with E-state index in [1.807, 2.05) is 32.0 Å². The molecule has 1 aliphatic heterocycles. The first-order chi connectivity index (χ1) is 15.2. The monoisotopic (exact) mass is 478 g/mol. The number of ether oxygens (including phenoxy) is 1. The number of hydrogen-bond donors (Lipinski definition) is 1. The number of piperidine rings is 1.